The minimum absolute atomic E-state index is 0.0335. The molecule has 2 heterocycles. The Morgan fingerprint density at radius 3 is 2.91 bits per heavy atom. The van der Waals surface area contributed by atoms with Crippen LogP contribution in [0.2, 0.25) is 0 Å². The van der Waals surface area contributed by atoms with E-state index in [1.807, 2.05) is 18.2 Å². The van der Waals surface area contributed by atoms with Crippen LogP contribution >= 0.6 is 0 Å². The van der Waals surface area contributed by atoms with Gasteiger partial charge < -0.3 is 20.3 Å². The Morgan fingerprint density at radius 1 is 1.25 bits per heavy atom. The van der Waals surface area contributed by atoms with Crippen LogP contribution < -0.4 is 10.1 Å². The summed E-state index contributed by atoms with van der Waals surface area (Å²) in [6, 6.07) is 12.1. The smallest absolute Gasteiger partial charge is 0.224 e. The first kappa shape index (κ1) is 21.4. The number of fused-ring (bicyclic) bond motifs is 2. The first-order chi connectivity index (χ1) is 15.4. The summed E-state index contributed by atoms with van der Waals surface area (Å²) in [5.41, 5.74) is 1.82. The van der Waals surface area contributed by atoms with Crippen LogP contribution in [0, 0.1) is 11.7 Å². The monoisotopic (exact) mass is 440 g/mol. The van der Waals surface area contributed by atoms with Crippen LogP contribution in [0.5, 0.6) is 5.75 Å². The number of carbonyl (C=O) groups is 1. The molecule has 5 rings (SSSR count). The number of nitrogens with zero attached hydrogens (tertiary/aromatic N) is 1. The summed E-state index contributed by atoms with van der Waals surface area (Å²) >= 11 is 0. The quantitative estimate of drug-likeness (QED) is 0.666. The number of aliphatic hydroxyl groups is 2. The molecule has 0 aromatic heterocycles. The number of aliphatic hydroxyl groups excluding tert-OH is 1. The van der Waals surface area contributed by atoms with Gasteiger partial charge in [0.05, 0.1) is 11.7 Å². The van der Waals surface area contributed by atoms with E-state index < -0.39 is 11.7 Å². The van der Waals surface area contributed by atoms with E-state index in [1.165, 1.54) is 6.07 Å². The van der Waals surface area contributed by atoms with E-state index >= 15 is 0 Å². The van der Waals surface area contributed by atoms with Crippen LogP contribution in [0.1, 0.15) is 42.9 Å². The fourth-order valence-corrected chi connectivity index (χ4v) is 5.48. The van der Waals surface area contributed by atoms with Gasteiger partial charge >= 0.3 is 0 Å². The van der Waals surface area contributed by atoms with Gasteiger partial charge in [0.25, 0.3) is 0 Å². The van der Waals surface area contributed by atoms with Crippen molar-refractivity contribution in [1.82, 2.24) is 4.90 Å². The second kappa shape index (κ2) is 8.46. The maximum atomic E-state index is 13.9. The average Bonchev–Trinajstić information content (AvgIpc) is 3.11. The highest BCUT2D eigenvalue weighted by molar-refractivity contribution is 5.92. The van der Waals surface area contributed by atoms with E-state index in [4.69, 9.17) is 4.74 Å². The summed E-state index contributed by atoms with van der Waals surface area (Å²) in [5.74, 6) is -0.0886. The minimum atomic E-state index is -0.881. The molecule has 3 N–H and O–H groups in total. The van der Waals surface area contributed by atoms with Gasteiger partial charge in [-0.1, -0.05) is 24.3 Å². The number of nitrogens with one attached hydrogen (secondary N) is 1. The first-order valence-electron chi connectivity index (χ1n) is 11.4. The number of para-hydroxylation sites is 1. The van der Waals surface area contributed by atoms with E-state index in [-0.39, 0.29) is 29.5 Å². The molecule has 1 saturated carbocycles. The molecular weight excluding hydrogens is 411 g/mol. The summed E-state index contributed by atoms with van der Waals surface area (Å²) in [5, 5.41) is 25.0. The summed E-state index contributed by atoms with van der Waals surface area (Å²) in [4.78, 5) is 13.8. The highest BCUT2D eigenvalue weighted by Gasteiger charge is 2.52. The van der Waals surface area contributed by atoms with Crippen LogP contribution in [-0.2, 0) is 11.2 Å². The number of amides is 1. The van der Waals surface area contributed by atoms with Gasteiger partial charge in [-0.3, -0.25) is 9.69 Å². The fourth-order valence-electron chi connectivity index (χ4n) is 5.48. The van der Waals surface area contributed by atoms with E-state index in [0.29, 0.717) is 38.9 Å². The van der Waals surface area contributed by atoms with Crippen LogP contribution in [0.15, 0.2) is 42.5 Å². The lowest BCUT2D eigenvalue weighted by Crippen LogP contribution is -2.36. The lowest BCUT2D eigenvalue weighted by atomic mass is 9.95. The van der Waals surface area contributed by atoms with Crippen molar-refractivity contribution in [1.29, 1.82) is 0 Å². The molecule has 6 nitrogen and oxygen atoms in total. The lowest BCUT2D eigenvalue weighted by molar-refractivity contribution is -0.116. The number of benzene rings is 2. The number of anilines is 1. The molecule has 0 radical (unpaired) electrons. The zero-order valence-corrected chi connectivity index (χ0v) is 18.0. The molecule has 170 valence electrons. The van der Waals surface area contributed by atoms with Crippen molar-refractivity contribution >= 4 is 11.6 Å². The number of ether oxygens (including phenoxy) is 1. The molecule has 1 saturated heterocycles. The van der Waals surface area contributed by atoms with E-state index in [0.717, 1.165) is 29.7 Å². The van der Waals surface area contributed by atoms with Gasteiger partial charge in [-0.25, -0.2) is 4.39 Å². The molecule has 4 atom stereocenters. The molecule has 2 aromatic rings. The Kier molecular flexibility index (Phi) is 5.65. The summed E-state index contributed by atoms with van der Waals surface area (Å²) in [6.07, 6.45) is 2.36. The Hall–Kier alpha value is -2.48. The van der Waals surface area contributed by atoms with Crippen molar-refractivity contribution in [3.8, 4) is 5.75 Å². The van der Waals surface area contributed by atoms with Crippen molar-refractivity contribution in [2.24, 2.45) is 5.92 Å². The Bertz CT molecular complexity index is 1020. The van der Waals surface area contributed by atoms with Gasteiger partial charge in [-0.2, -0.15) is 0 Å². The Morgan fingerprint density at radius 2 is 2.09 bits per heavy atom. The molecular formula is C25H29FN2O4. The van der Waals surface area contributed by atoms with Gasteiger partial charge in [0.2, 0.25) is 5.91 Å². The normalized spacial score (nSPS) is 28.5. The fraction of sp³-hybridized carbons (Fsp3) is 0.480. The maximum absolute atomic E-state index is 13.9. The molecule has 32 heavy (non-hydrogen) atoms. The van der Waals surface area contributed by atoms with Crippen LogP contribution in [0.3, 0.4) is 0 Å². The predicted octanol–water partition coefficient (Wildman–Crippen LogP) is 3.04. The van der Waals surface area contributed by atoms with Crippen molar-refractivity contribution in [2.45, 2.75) is 49.9 Å². The van der Waals surface area contributed by atoms with E-state index in [1.54, 1.807) is 18.2 Å². The summed E-state index contributed by atoms with van der Waals surface area (Å²) in [7, 11) is 0. The van der Waals surface area contributed by atoms with Crippen LogP contribution in [-0.4, -0.2) is 52.4 Å². The molecule has 0 bridgehead atoms. The van der Waals surface area contributed by atoms with Gasteiger partial charge in [-0.15, -0.1) is 0 Å². The number of carbonyl (C=O) groups excluding carboxylic acids is 1. The highest BCUT2D eigenvalue weighted by Crippen LogP contribution is 2.43. The number of aryl methyl sites for hydroxylation is 1. The minimum Gasteiger partial charge on any atom is -0.487 e. The molecule has 1 amide bonds. The number of halogens is 1. The van der Waals surface area contributed by atoms with Crippen LogP contribution in [0.25, 0.3) is 0 Å². The predicted molar refractivity (Wildman–Crippen MR) is 118 cm³/mol. The Labute approximate surface area is 187 Å². The third kappa shape index (κ3) is 4.25. The second-order valence-electron chi connectivity index (χ2n) is 9.44. The van der Waals surface area contributed by atoms with Gasteiger partial charge in [0.1, 0.15) is 6.10 Å². The SMILES string of the molecule is O=C1CCCc2cc(C(O)CN3C[C@H]4C[C@H](Oc5ccccc5F)C[C@@]4(O)C3)ccc2N1. The van der Waals surface area contributed by atoms with Gasteiger partial charge in [0.15, 0.2) is 11.6 Å². The maximum Gasteiger partial charge on any atom is 0.224 e. The highest BCUT2D eigenvalue weighted by atomic mass is 19.1. The molecule has 2 fully saturated rings. The zero-order chi connectivity index (χ0) is 22.3. The molecule has 0 spiro atoms. The third-order valence-electron chi connectivity index (χ3n) is 7.06. The molecule has 3 aliphatic rings. The second-order valence-corrected chi connectivity index (χ2v) is 9.44. The van der Waals surface area contributed by atoms with Crippen LogP contribution in [0.4, 0.5) is 10.1 Å². The lowest BCUT2D eigenvalue weighted by Gasteiger charge is -2.25. The Balaban J connectivity index is 1.19. The van der Waals surface area contributed by atoms with Gasteiger partial charge in [0, 0.05) is 44.1 Å². The van der Waals surface area contributed by atoms with Crippen molar-refractivity contribution in [3.05, 3.63) is 59.4 Å². The number of likely N-dealkylation sites (tertiary alicyclic amines) is 1. The molecule has 2 aromatic carbocycles. The standard InChI is InChI=1S/C25H29FN2O4/c26-20-5-1-2-6-23(20)32-19-11-18-13-28(15-25(18,31)12-19)14-22(29)17-8-9-21-16(10-17)4-3-7-24(30)27-21/h1-2,5-6,8-10,18-19,22,29,31H,3-4,7,11-15H2,(H,27,30)/t18-,19+,22?,25-/m1/s1. The zero-order valence-electron chi connectivity index (χ0n) is 18.0. The van der Waals surface area contributed by atoms with E-state index in [2.05, 4.69) is 10.2 Å². The van der Waals surface area contributed by atoms with Crippen molar-refractivity contribution in [2.75, 3.05) is 25.0 Å². The topological polar surface area (TPSA) is 82.0 Å². The van der Waals surface area contributed by atoms with E-state index in [9.17, 15) is 19.4 Å². The summed E-state index contributed by atoms with van der Waals surface area (Å²) < 4.78 is 19.7. The van der Waals surface area contributed by atoms with Crippen molar-refractivity contribution in [3.63, 3.8) is 0 Å². The number of β-amino-alcohol motifs (C(OH)–C–C–N with tert-alkyl or cyclic N) is 2. The molecule has 2 aliphatic heterocycles. The molecule has 1 unspecified atom stereocenters. The third-order valence-corrected chi connectivity index (χ3v) is 7.06. The van der Waals surface area contributed by atoms with Crippen molar-refractivity contribution < 1.29 is 24.1 Å². The first-order valence-corrected chi connectivity index (χ1v) is 11.4. The number of hydrogen-bond acceptors (Lipinski definition) is 5. The summed E-state index contributed by atoms with van der Waals surface area (Å²) in [6.45, 7) is 1.57. The molecule has 1 aliphatic carbocycles. The number of rotatable bonds is 5. The average molecular weight is 441 g/mol. The largest absolute Gasteiger partial charge is 0.487 e. The molecule has 7 heteroatoms. The number of hydrogen-bond donors (Lipinski definition) is 3. The van der Waals surface area contributed by atoms with Gasteiger partial charge in [-0.05, 0) is 48.6 Å².